The maximum Gasteiger partial charge on any atom is 3.00 e. The number of hydrogen-bond acceptors (Lipinski definition) is 1. The third-order valence-electron chi connectivity index (χ3n) is 3.39. The Kier molecular flexibility index (Phi) is 11.9. The Morgan fingerprint density at radius 1 is 1.19 bits per heavy atom. The topological polar surface area (TPSA) is 9.23 Å². The van der Waals surface area contributed by atoms with Gasteiger partial charge in [0, 0.05) is 0 Å². The van der Waals surface area contributed by atoms with Gasteiger partial charge in [-0.3, -0.25) is 6.08 Å². The molecule has 0 spiro atoms. The molecule has 0 saturated heterocycles. The molecule has 5 heteroatoms. The predicted octanol–water partition coefficient (Wildman–Crippen LogP) is -2.38. The molecule has 0 unspecified atom stereocenters. The van der Waals surface area contributed by atoms with Crippen LogP contribution in [-0.4, -0.2) is 14.7 Å². The molecule has 1 nitrogen and oxygen atoms in total. The molecule has 0 bridgehead atoms. The van der Waals surface area contributed by atoms with E-state index >= 15 is 0 Å². The van der Waals surface area contributed by atoms with Crippen LogP contribution in [0.2, 0.25) is 13.1 Å². The summed E-state index contributed by atoms with van der Waals surface area (Å²) >= 11 is 0. The van der Waals surface area contributed by atoms with Gasteiger partial charge in [-0.25, -0.2) is 11.3 Å². The van der Waals surface area contributed by atoms with E-state index in [0.717, 1.165) is 25.2 Å². The Bertz CT molecular complexity index is 487. The zero-order valence-electron chi connectivity index (χ0n) is 12.7. The number of hydrogen-bond donors (Lipinski definition) is 0. The van der Waals surface area contributed by atoms with Gasteiger partial charge in [-0.1, -0.05) is 38.2 Å². The Morgan fingerprint density at radius 2 is 1.86 bits per heavy atom. The van der Waals surface area contributed by atoms with Crippen molar-refractivity contribution >= 4 is 13.3 Å². The van der Waals surface area contributed by atoms with E-state index in [9.17, 15) is 0 Å². The van der Waals surface area contributed by atoms with E-state index in [2.05, 4.69) is 62.5 Å². The molecule has 0 heterocycles. The van der Waals surface area contributed by atoms with Gasteiger partial charge in [-0.05, 0) is 17.7 Å². The molecule has 1 aromatic rings. The average molecular weight is 376 g/mol. The second kappa shape index (κ2) is 10.7. The Balaban J connectivity index is 0. The molecule has 1 aromatic carbocycles. The number of para-hydroxylation sites is 1. The van der Waals surface area contributed by atoms with Crippen LogP contribution in [0.25, 0.3) is 0 Å². The molecule has 2 rings (SSSR count). The molecule has 0 N–H and O–H groups in total. The first-order valence-electron chi connectivity index (χ1n) is 6.66. The van der Waals surface area contributed by atoms with Crippen molar-refractivity contribution in [3.8, 4) is 5.75 Å². The molecule has 0 aromatic heterocycles. The van der Waals surface area contributed by atoms with E-state index in [1.54, 1.807) is 0 Å². The first-order valence-corrected chi connectivity index (χ1v) is 9.66. The van der Waals surface area contributed by atoms with Gasteiger partial charge < -0.3 is 29.6 Å². The minimum atomic E-state index is -1.65. The summed E-state index contributed by atoms with van der Waals surface area (Å²) in [5.41, 5.74) is 0. The minimum Gasteiger partial charge on any atom is -1.00 e. The maximum absolute atomic E-state index is 5.90. The van der Waals surface area contributed by atoms with Crippen molar-refractivity contribution in [3.63, 3.8) is 0 Å². The molecule has 0 atom stereocenters. The molecule has 0 fully saturated rings. The van der Waals surface area contributed by atoms with E-state index in [1.807, 2.05) is 0 Å². The van der Waals surface area contributed by atoms with Crippen LogP contribution in [0.4, 0.5) is 0 Å². The Labute approximate surface area is 157 Å². The van der Waals surface area contributed by atoms with Crippen molar-refractivity contribution in [1.29, 1.82) is 0 Å². The average Bonchev–Trinajstić information content (AvgIpc) is 2.91. The summed E-state index contributed by atoms with van der Waals surface area (Å²) in [5.74, 6) is 1.06. The molecule has 1 radical (unpaired) electrons. The fraction of sp³-hybridized carbons (Fsp3) is 0.375. The van der Waals surface area contributed by atoms with Crippen LogP contribution in [-0.2, 0) is 21.7 Å². The van der Waals surface area contributed by atoms with Crippen molar-refractivity contribution in [2.75, 3.05) is 6.61 Å². The molecule has 0 saturated carbocycles. The molecular weight excluding hydrogens is 355 g/mol. The molecule has 1 aliphatic rings. The zero-order chi connectivity index (χ0) is 13.0. The van der Waals surface area contributed by atoms with E-state index in [4.69, 9.17) is 4.74 Å². The third kappa shape index (κ3) is 5.61. The smallest absolute Gasteiger partial charge is 1.00 e. The molecular formula is C16H21Cl2OSiTi. The fourth-order valence-corrected chi connectivity index (χ4v) is 4.95. The van der Waals surface area contributed by atoms with Crippen molar-refractivity contribution in [2.24, 2.45) is 0 Å². The predicted molar refractivity (Wildman–Crippen MR) is 79.9 cm³/mol. The number of allylic oxidation sites excluding steroid dienone is 4. The second-order valence-electron chi connectivity index (χ2n) is 5.17. The van der Waals surface area contributed by atoms with Gasteiger partial charge in [0.25, 0.3) is 0 Å². The molecule has 21 heavy (non-hydrogen) atoms. The Morgan fingerprint density at radius 3 is 2.43 bits per heavy atom. The number of rotatable bonds is 5. The van der Waals surface area contributed by atoms with Crippen LogP contribution < -0.4 is 34.7 Å². The monoisotopic (exact) mass is 375 g/mol. The summed E-state index contributed by atoms with van der Waals surface area (Å²) in [6.07, 6.45) is 9.93. The van der Waals surface area contributed by atoms with Gasteiger partial charge in [-0.15, -0.1) is 6.42 Å². The van der Waals surface area contributed by atoms with Crippen molar-refractivity contribution in [2.45, 2.75) is 32.9 Å². The summed E-state index contributed by atoms with van der Waals surface area (Å²) < 4.78 is 5.90. The van der Waals surface area contributed by atoms with E-state index in [0.29, 0.717) is 0 Å². The molecule has 0 amide bonds. The van der Waals surface area contributed by atoms with E-state index in [-0.39, 0.29) is 46.5 Å². The Hall–Kier alpha value is 0.0112. The van der Waals surface area contributed by atoms with Gasteiger partial charge in [0.15, 0.2) is 0 Å². The SMILES string of the molecule is CCCOc1ccccc1[Si](C)(C)C1=[C-]CC=C1.[Cl-].[Cl-].[Ti+3]. The molecule has 1 aliphatic carbocycles. The quantitative estimate of drug-likeness (QED) is 0.412. The normalized spacial score (nSPS) is 12.6. The van der Waals surface area contributed by atoms with Crippen LogP contribution in [0.5, 0.6) is 5.75 Å². The van der Waals surface area contributed by atoms with E-state index in [1.165, 1.54) is 10.4 Å². The van der Waals surface area contributed by atoms with Crippen LogP contribution in [0.1, 0.15) is 19.8 Å². The van der Waals surface area contributed by atoms with Gasteiger partial charge in [0.05, 0.1) is 14.7 Å². The minimum absolute atomic E-state index is 0. The first kappa shape index (κ1) is 23.3. The largest absolute Gasteiger partial charge is 3.00 e. The summed E-state index contributed by atoms with van der Waals surface area (Å²) in [6, 6.07) is 8.49. The first-order chi connectivity index (χ1) is 8.66. The third-order valence-corrected chi connectivity index (χ3v) is 6.84. The molecule has 0 aliphatic heterocycles. The van der Waals surface area contributed by atoms with Gasteiger partial charge in [0.2, 0.25) is 0 Å². The summed E-state index contributed by atoms with van der Waals surface area (Å²) in [6.45, 7) is 7.68. The number of halogens is 2. The number of ether oxygens (including phenoxy) is 1. The van der Waals surface area contributed by atoms with Gasteiger partial charge in [0.1, 0.15) is 5.75 Å². The van der Waals surface area contributed by atoms with Crippen molar-refractivity contribution < 1.29 is 51.3 Å². The van der Waals surface area contributed by atoms with Crippen LogP contribution in [0.3, 0.4) is 0 Å². The van der Waals surface area contributed by atoms with Crippen LogP contribution >= 0.6 is 0 Å². The van der Waals surface area contributed by atoms with Gasteiger partial charge in [-0.2, -0.15) is 6.08 Å². The van der Waals surface area contributed by atoms with E-state index < -0.39 is 8.07 Å². The standard InChI is InChI=1S/C16H21OSi.2ClH.Ti/c1-4-13-17-15-11-7-8-12-16(15)18(2,3)14-9-5-6-10-14;;;/h5,7-9,11-12H,4,6,13H2,1-3H3;2*1H;/q-1;;;+3/p-2. The summed E-state index contributed by atoms with van der Waals surface area (Å²) in [4.78, 5) is 0. The summed E-state index contributed by atoms with van der Waals surface area (Å²) in [5, 5.41) is 2.78. The van der Waals surface area contributed by atoms with Crippen molar-refractivity contribution in [3.05, 3.63) is 47.7 Å². The molecule has 113 valence electrons. The maximum atomic E-state index is 5.90. The number of benzene rings is 1. The summed E-state index contributed by atoms with van der Waals surface area (Å²) in [7, 11) is -1.65. The van der Waals surface area contributed by atoms with Gasteiger partial charge >= 0.3 is 21.7 Å². The van der Waals surface area contributed by atoms with Crippen LogP contribution in [0.15, 0.2) is 41.6 Å². The van der Waals surface area contributed by atoms with Crippen LogP contribution in [0, 0.1) is 6.08 Å². The van der Waals surface area contributed by atoms with Crippen molar-refractivity contribution in [1.82, 2.24) is 0 Å². The zero-order valence-corrected chi connectivity index (χ0v) is 16.8. The second-order valence-corrected chi connectivity index (χ2v) is 9.49. The fourth-order valence-electron chi connectivity index (χ4n) is 2.30.